The molecule has 5 aromatic rings. The molecule has 36 heavy (non-hydrogen) atoms. The van der Waals surface area contributed by atoms with Crippen molar-refractivity contribution >= 4 is 0 Å². The van der Waals surface area contributed by atoms with Crippen molar-refractivity contribution in [1.82, 2.24) is 29.7 Å². The van der Waals surface area contributed by atoms with Crippen molar-refractivity contribution in [2.45, 2.75) is 25.9 Å². The van der Waals surface area contributed by atoms with E-state index in [0.29, 0.717) is 34.3 Å². The molecule has 0 bridgehead atoms. The van der Waals surface area contributed by atoms with Gasteiger partial charge < -0.3 is 9.09 Å². The highest BCUT2D eigenvalue weighted by atomic mass is 19.4. The van der Waals surface area contributed by atoms with Crippen molar-refractivity contribution in [2.75, 3.05) is 0 Å². The second-order valence-corrected chi connectivity index (χ2v) is 8.60. The van der Waals surface area contributed by atoms with Gasteiger partial charge in [-0.25, -0.2) is 15.0 Å². The smallest absolute Gasteiger partial charge is 0.334 e. The van der Waals surface area contributed by atoms with Gasteiger partial charge in [0.1, 0.15) is 5.82 Å². The van der Waals surface area contributed by atoms with Crippen LogP contribution in [0.5, 0.6) is 0 Å². The average Bonchev–Trinajstić information content (AvgIpc) is 3.52. The minimum atomic E-state index is -4.50. The van der Waals surface area contributed by atoms with Crippen LogP contribution in [0.3, 0.4) is 0 Å². The number of aromatic nitrogens is 6. The average molecular weight is 490 g/mol. The van der Waals surface area contributed by atoms with Gasteiger partial charge in [-0.05, 0) is 23.6 Å². The molecule has 0 N–H and O–H groups in total. The third-order valence-electron chi connectivity index (χ3n) is 5.72. The highest BCUT2D eigenvalue weighted by Crippen LogP contribution is 2.32. The van der Waals surface area contributed by atoms with Gasteiger partial charge in [0.05, 0.1) is 5.56 Å². The van der Waals surface area contributed by atoms with Crippen molar-refractivity contribution in [2.24, 2.45) is 7.05 Å². The fraction of sp³-hybridized carbons (Fsp3) is 0.192. The van der Waals surface area contributed by atoms with E-state index in [9.17, 15) is 13.2 Å². The number of aryl methyl sites for hydroxylation is 1. The van der Waals surface area contributed by atoms with E-state index in [1.807, 2.05) is 18.2 Å². The van der Waals surface area contributed by atoms with Crippen LogP contribution in [0.2, 0.25) is 0 Å². The SMILES string of the molecule is CC(C)c1ccccc1-c1ncc(-c2noc(-c3ccc(-c4nc(C(F)(F)F)cn4C)cc3)n2)cn1. The minimum Gasteiger partial charge on any atom is -0.334 e. The molecule has 182 valence electrons. The molecular formula is C26H21F3N6O. The number of rotatable bonds is 5. The summed E-state index contributed by atoms with van der Waals surface area (Å²) >= 11 is 0. The number of halogens is 3. The summed E-state index contributed by atoms with van der Waals surface area (Å²) in [6, 6.07) is 14.7. The lowest BCUT2D eigenvalue weighted by molar-refractivity contribution is -0.140. The normalized spacial score (nSPS) is 11.9. The van der Waals surface area contributed by atoms with Gasteiger partial charge in [-0.15, -0.1) is 0 Å². The van der Waals surface area contributed by atoms with E-state index >= 15 is 0 Å². The molecule has 0 fully saturated rings. The Kier molecular flexibility index (Phi) is 5.87. The standard InChI is InChI=1S/C26H21F3N6O/c1-15(2)19-6-4-5-7-20(19)23-30-12-18(13-31-23)22-33-25(36-34-22)17-10-8-16(9-11-17)24-32-21(14-35(24)3)26(27,28)29/h4-15H,1-3H3. The van der Waals surface area contributed by atoms with E-state index in [0.717, 1.165) is 17.3 Å². The molecule has 0 unspecified atom stereocenters. The number of hydrogen-bond acceptors (Lipinski definition) is 6. The molecule has 0 radical (unpaired) electrons. The molecule has 0 aliphatic rings. The number of imidazole rings is 1. The Bertz CT molecular complexity index is 1500. The summed E-state index contributed by atoms with van der Waals surface area (Å²) in [4.78, 5) is 17.1. The lowest BCUT2D eigenvalue weighted by Gasteiger charge is -2.11. The van der Waals surface area contributed by atoms with Crippen LogP contribution in [0.25, 0.3) is 45.6 Å². The van der Waals surface area contributed by atoms with Gasteiger partial charge in [-0.2, -0.15) is 18.2 Å². The van der Waals surface area contributed by atoms with Crippen molar-refractivity contribution < 1.29 is 17.7 Å². The predicted octanol–water partition coefficient (Wildman–Crippen LogP) is 6.40. The molecule has 0 atom stereocenters. The zero-order valence-corrected chi connectivity index (χ0v) is 19.7. The van der Waals surface area contributed by atoms with Crippen LogP contribution >= 0.6 is 0 Å². The first-order valence-electron chi connectivity index (χ1n) is 11.2. The van der Waals surface area contributed by atoms with Crippen LogP contribution in [0, 0.1) is 0 Å². The Morgan fingerprint density at radius 1 is 0.833 bits per heavy atom. The Balaban J connectivity index is 1.37. The summed E-state index contributed by atoms with van der Waals surface area (Å²) < 4.78 is 45.7. The fourth-order valence-electron chi connectivity index (χ4n) is 3.88. The van der Waals surface area contributed by atoms with E-state index in [1.54, 1.807) is 36.7 Å². The van der Waals surface area contributed by atoms with Crippen LogP contribution in [0.4, 0.5) is 13.2 Å². The van der Waals surface area contributed by atoms with Gasteiger partial charge >= 0.3 is 6.18 Å². The van der Waals surface area contributed by atoms with Gasteiger partial charge in [0, 0.05) is 42.3 Å². The largest absolute Gasteiger partial charge is 0.434 e. The predicted molar refractivity (Wildman–Crippen MR) is 127 cm³/mol. The molecule has 10 heteroatoms. The summed E-state index contributed by atoms with van der Waals surface area (Å²) in [6.45, 7) is 4.24. The molecule has 3 heterocycles. The Morgan fingerprint density at radius 2 is 1.50 bits per heavy atom. The Hall–Kier alpha value is -4.34. The quantitative estimate of drug-likeness (QED) is 0.283. The van der Waals surface area contributed by atoms with Gasteiger partial charge in [0.15, 0.2) is 11.5 Å². The van der Waals surface area contributed by atoms with Crippen LogP contribution in [0.15, 0.2) is 71.6 Å². The molecule has 3 aromatic heterocycles. The van der Waals surface area contributed by atoms with Gasteiger partial charge in [-0.3, -0.25) is 0 Å². The molecule has 5 rings (SSSR count). The number of benzene rings is 2. The van der Waals surface area contributed by atoms with Crippen molar-refractivity contribution in [3.05, 3.63) is 78.4 Å². The van der Waals surface area contributed by atoms with Crippen LogP contribution < -0.4 is 0 Å². The summed E-state index contributed by atoms with van der Waals surface area (Å²) in [5.41, 5.74) is 2.94. The molecular weight excluding hydrogens is 469 g/mol. The van der Waals surface area contributed by atoms with E-state index < -0.39 is 11.9 Å². The van der Waals surface area contributed by atoms with Crippen molar-refractivity contribution in [1.29, 1.82) is 0 Å². The molecule has 0 amide bonds. The maximum atomic E-state index is 13.0. The van der Waals surface area contributed by atoms with Gasteiger partial charge in [0.2, 0.25) is 5.82 Å². The lowest BCUT2D eigenvalue weighted by Crippen LogP contribution is -2.04. The molecule has 0 spiro atoms. The van der Waals surface area contributed by atoms with Gasteiger partial charge in [-0.1, -0.05) is 55.4 Å². The minimum absolute atomic E-state index is 0.205. The van der Waals surface area contributed by atoms with Crippen molar-refractivity contribution in [3.63, 3.8) is 0 Å². The molecule has 0 aliphatic carbocycles. The third kappa shape index (κ3) is 4.49. The summed E-state index contributed by atoms with van der Waals surface area (Å²) in [6.07, 6.45) is -0.245. The summed E-state index contributed by atoms with van der Waals surface area (Å²) in [5.74, 6) is 1.75. The highest BCUT2D eigenvalue weighted by Gasteiger charge is 2.34. The van der Waals surface area contributed by atoms with Crippen molar-refractivity contribution in [3.8, 4) is 45.6 Å². The first kappa shape index (κ1) is 23.4. The van der Waals surface area contributed by atoms with E-state index in [4.69, 9.17) is 4.52 Å². The highest BCUT2D eigenvalue weighted by molar-refractivity contribution is 5.65. The second kappa shape index (κ2) is 9.03. The third-order valence-corrected chi connectivity index (χ3v) is 5.72. The number of nitrogens with zero attached hydrogens (tertiary/aromatic N) is 6. The van der Waals surface area contributed by atoms with E-state index in [2.05, 4.69) is 45.0 Å². The monoisotopic (exact) mass is 490 g/mol. The molecule has 0 saturated carbocycles. The Morgan fingerprint density at radius 3 is 2.14 bits per heavy atom. The lowest BCUT2D eigenvalue weighted by atomic mass is 9.97. The summed E-state index contributed by atoms with van der Waals surface area (Å²) in [5, 5.41) is 4.03. The van der Waals surface area contributed by atoms with Crippen LogP contribution in [0.1, 0.15) is 31.0 Å². The maximum absolute atomic E-state index is 13.0. The summed E-state index contributed by atoms with van der Waals surface area (Å²) in [7, 11) is 1.52. The van der Waals surface area contributed by atoms with E-state index in [1.165, 1.54) is 11.6 Å². The first-order chi connectivity index (χ1) is 17.2. The number of hydrogen-bond donors (Lipinski definition) is 0. The topological polar surface area (TPSA) is 82.5 Å². The molecule has 0 aliphatic heterocycles. The van der Waals surface area contributed by atoms with Crippen LogP contribution in [-0.2, 0) is 13.2 Å². The molecule has 7 nitrogen and oxygen atoms in total. The molecule has 2 aromatic carbocycles. The van der Waals surface area contributed by atoms with Gasteiger partial charge in [0.25, 0.3) is 5.89 Å². The zero-order valence-electron chi connectivity index (χ0n) is 19.7. The maximum Gasteiger partial charge on any atom is 0.434 e. The first-order valence-corrected chi connectivity index (χ1v) is 11.2. The van der Waals surface area contributed by atoms with E-state index in [-0.39, 0.29) is 11.7 Å². The van der Waals surface area contributed by atoms with Crippen LogP contribution in [-0.4, -0.2) is 29.7 Å². The Labute approximate surface area is 204 Å². The zero-order chi connectivity index (χ0) is 25.4. The fourth-order valence-corrected chi connectivity index (χ4v) is 3.88. The molecule has 0 saturated heterocycles. The second-order valence-electron chi connectivity index (χ2n) is 8.60. The number of alkyl halides is 3.